The summed E-state index contributed by atoms with van der Waals surface area (Å²) in [4.78, 5) is 0.292. The van der Waals surface area contributed by atoms with Crippen LogP contribution in [0.15, 0.2) is 65.7 Å². The van der Waals surface area contributed by atoms with Gasteiger partial charge in [0, 0.05) is 17.8 Å². The Morgan fingerprint density at radius 3 is 2.33 bits per heavy atom. The molecule has 0 saturated heterocycles. The number of ether oxygens (including phenoxy) is 1. The molecular weight excluding hydrogens is 382 g/mol. The topological polar surface area (TPSA) is 46.6 Å². The van der Waals surface area contributed by atoms with E-state index in [4.69, 9.17) is 16.3 Å². The lowest BCUT2D eigenvalue weighted by molar-refractivity contribution is -0.0510. The summed E-state index contributed by atoms with van der Waals surface area (Å²) in [5.74, 6) is 0. The number of halogens is 1. The van der Waals surface area contributed by atoms with Crippen molar-refractivity contribution < 1.29 is 13.2 Å². The highest BCUT2D eigenvalue weighted by atomic mass is 35.5. The van der Waals surface area contributed by atoms with E-state index in [0.717, 1.165) is 11.1 Å². The Labute approximate surface area is 166 Å². The Morgan fingerprint density at radius 2 is 1.70 bits per heavy atom. The minimum absolute atomic E-state index is 0.224. The van der Waals surface area contributed by atoms with Crippen molar-refractivity contribution >= 4 is 21.6 Å². The quantitative estimate of drug-likeness (QED) is 0.714. The van der Waals surface area contributed by atoms with E-state index in [1.54, 1.807) is 24.4 Å². The molecule has 27 heavy (non-hydrogen) atoms. The van der Waals surface area contributed by atoms with E-state index in [9.17, 15) is 8.42 Å². The van der Waals surface area contributed by atoms with Crippen LogP contribution in [-0.2, 0) is 14.8 Å². The predicted octanol–water partition coefficient (Wildman–Crippen LogP) is 5.09. The summed E-state index contributed by atoms with van der Waals surface area (Å²) in [6.07, 6.45) is 3.73. The number of hydrogen-bond acceptors (Lipinski definition) is 3. The van der Waals surface area contributed by atoms with Crippen LogP contribution in [0, 0.1) is 6.92 Å². The lowest BCUT2D eigenvalue weighted by Gasteiger charge is -2.33. The molecule has 4 nitrogen and oxygen atoms in total. The first kappa shape index (κ1) is 19.9. The fourth-order valence-electron chi connectivity index (χ4n) is 3.00. The first-order valence-corrected chi connectivity index (χ1v) is 10.7. The van der Waals surface area contributed by atoms with Crippen LogP contribution < -0.4 is 0 Å². The highest BCUT2D eigenvalue weighted by molar-refractivity contribution is 7.89. The molecule has 1 aliphatic rings. The average Bonchev–Trinajstić information content (AvgIpc) is 2.59. The smallest absolute Gasteiger partial charge is 0.263 e. The van der Waals surface area contributed by atoms with Crippen LogP contribution in [0.1, 0.15) is 37.5 Å². The average molecular weight is 406 g/mol. The van der Waals surface area contributed by atoms with Gasteiger partial charge in [-0.1, -0.05) is 41.4 Å². The third-order valence-electron chi connectivity index (χ3n) is 4.57. The summed E-state index contributed by atoms with van der Waals surface area (Å²) in [5.41, 5.74) is 1.40. The molecule has 0 radical (unpaired) electrons. The van der Waals surface area contributed by atoms with Crippen molar-refractivity contribution in [2.24, 2.45) is 0 Å². The normalized spacial score (nSPS) is 21.3. The molecular formula is C21H24ClNO3S. The summed E-state index contributed by atoms with van der Waals surface area (Å²) < 4.78 is 33.8. The number of benzene rings is 2. The van der Waals surface area contributed by atoms with Crippen LogP contribution in [0.2, 0.25) is 5.02 Å². The second kappa shape index (κ2) is 7.66. The molecule has 0 fully saturated rings. The van der Waals surface area contributed by atoms with Gasteiger partial charge in [-0.15, -0.1) is 0 Å². The zero-order valence-electron chi connectivity index (χ0n) is 15.7. The maximum absolute atomic E-state index is 13.1. The molecule has 0 N–H and O–H groups in total. The molecule has 1 unspecified atom stereocenters. The van der Waals surface area contributed by atoms with Crippen molar-refractivity contribution in [2.45, 2.75) is 43.8 Å². The lowest BCUT2D eigenvalue weighted by atomic mass is 10.0. The molecule has 6 heteroatoms. The van der Waals surface area contributed by atoms with E-state index in [0.29, 0.717) is 22.9 Å². The Morgan fingerprint density at radius 1 is 1.07 bits per heavy atom. The van der Waals surface area contributed by atoms with Gasteiger partial charge in [-0.2, -0.15) is 0 Å². The Hall–Kier alpha value is -1.82. The Balaban J connectivity index is 1.91. The van der Waals surface area contributed by atoms with Gasteiger partial charge in [0.1, 0.15) is 0 Å². The van der Waals surface area contributed by atoms with E-state index < -0.39 is 15.6 Å². The second-order valence-electron chi connectivity index (χ2n) is 7.29. The van der Waals surface area contributed by atoms with Crippen molar-refractivity contribution in [3.63, 3.8) is 0 Å². The fraction of sp³-hybridized carbons (Fsp3) is 0.333. The highest BCUT2D eigenvalue weighted by Crippen LogP contribution is 2.32. The Kier molecular flexibility index (Phi) is 5.65. The molecule has 0 spiro atoms. The van der Waals surface area contributed by atoms with E-state index >= 15 is 0 Å². The van der Waals surface area contributed by atoms with Gasteiger partial charge in [0.25, 0.3) is 10.0 Å². The largest absolute Gasteiger partial charge is 0.363 e. The number of rotatable bonds is 3. The number of hydrogen-bond donors (Lipinski definition) is 0. The van der Waals surface area contributed by atoms with Gasteiger partial charge in [0.15, 0.2) is 0 Å². The molecule has 0 amide bonds. The van der Waals surface area contributed by atoms with Gasteiger partial charge in [-0.05, 0) is 63.1 Å². The molecule has 0 bridgehead atoms. The molecule has 2 aromatic carbocycles. The minimum Gasteiger partial charge on any atom is -0.363 e. The van der Waals surface area contributed by atoms with Crippen LogP contribution in [0.4, 0.5) is 0 Å². The summed E-state index contributed by atoms with van der Waals surface area (Å²) >= 11 is 5.99. The highest BCUT2D eigenvalue weighted by Gasteiger charge is 2.29. The van der Waals surface area contributed by atoms with Gasteiger partial charge in [0.05, 0.1) is 16.6 Å². The number of sulfonamides is 1. The number of nitrogens with zero attached hydrogens (tertiary/aromatic N) is 1. The minimum atomic E-state index is -3.61. The summed E-state index contributed by atoms with van der Waals surface area (Å²) in [6, 6.07) is 14.4. The van der Waals surface area contributed by atoms with Crippen LogP contribution in [-0.4, -0.2) is 24.9 Å². The van der Waals surface area contributed by atoms with Crippen LogP contribution in [0.3, 0.4) is 0 Å². The van der Waals surface area contributed by atoms with Crippen LogP contribution in [0.25, 0.3) is 0 Å². The first-order chi connectivity index (χ1) is 12.7. The fourth-order valence-corrected chi connectivity index (χ4v) is 4.45. The molecule has 144 valence electrons. The third-order valence-corrected chi connectivity index (χ3v) is 6.61. The van der Waals surface area contributed by atoms with Crippen molar-refractivity contribution in [3.8, 4) is 0 Å². The van der Waals surface area contributed by atoms with Crippen molar-refractivity contribution in [3.05, 3.63) is 77.0 Å². The first-order valence-electron chi connectivity index (χ1n) is 8.88. The van der Waals surface area contributed by atoms with Crippen molar-refractivity contribution in [1.82, 2.24) is 4.31 Å². The van der Waals surface area contributed by atoms with E-state index in [1.807, 2.05) is 57.2 Å². The van der Waals surface area contributed by atoms with Gasteiger partial charge in [0.2, 0.25) is 0 Å². The molecule has 1 heterocycles. The number of aryl methyl sites for hydroxylation is 1. The van der Waals surface area contributed by atoms with Gasteiger partial charge >= 0.3 is 0 Å². The standard InChI is InChI=1S/C21H24ClNO3S/c1-16-4-10-19(11-5-16)27(24,25)23-14-12-20(26-21(2,3)13-15-23)17-6-8-18(22)9-7-17/h4-11,13,15,20H,12,14H2,1-3H3/b15-13-. The molecule has 0 saturated carbocycles. The summed E-state index contributed by atoms with van der Waals surface area (Å²) in [7, 11) is -3.61. The molecule has 3 rings (SSSR count). The molecule has 1 atom stereocenters. The third kappa shape index (κ3) is 4.72. The molecule has 2 aromatic rings. The maximum Gasteiger partial charge on any atom is 0.263 e. The van der Waals surface area contributed by atoms with E-state index in [-0.39, 0.29) is 6.10 Å². The van der Waals surface area contributed by atoms with Crippen molar-refractivity contribution in [2.75, 3.05) is 6.54 Å². The molecule has 0 aromatic heterocycles. The Bertz CT molecular complexity index is 919. The summed E-state index contributed by atoms with van der Waals surface area (Å²) in [5, 5.41) is 0.660. The van der Waals surface area contributed by atoms with Crippen molar-refractivity contribution in [1.29, 1.82) is 0 Å². The zero-order valence-corrected chi connectivity index (χ0v) is 17.3. The summed E-state index contributed by atoms with van der Waals surface area (Å²) in [6.45, 7) is 6.11. The SMILES string of the molecule is Cc1ccc(S(=O)(=O)N2/C=C\C(C)(C)OC(c3ccc(Cl)cc3)CC2)cc1. The van der Waals surface area contributed by atoms with E-state index in [2.05, 4.69) is 0 Å². The lowest BCUT2D eigenvalue weighted by Crippen LogP contribution is -2.34. The van der Waals surface area contributed by atoms with Crippen LogP contribution >= 0.6 is 11.6 Å². The zero-order chi connectivity index (χ0) is 19.7. The maximum atomic E-state index is 13.1. The van der Waals surface area contributed by atoms with Gasteiger partial charge in [-0.3, -0.25) is 4.31 Å². The van der Waals surface area contributed by atoms with E-state index in [1.165, 1.54) is 4.31 Å². The van der Waals surface area contributed by atoms with Crippen LogP contribution in [0.5, 0.6) is 0 Å². The monoisotopic (exact) mass is 405 g/mol. The second-order valence-corrected chi connectivity index (χ2v) is 9.62. The van der Waals surface area contributed by atoms with Gasteiger partial charge < -0.3 is 4.74 Å². The molecule has 0 aliphatic carbocycles. The predicted molar refractivity (Wildman–Crippen MR) is 108 cm³/mol. The molecule has 1 aliphatic heterocycles. The van der Waals surface area contributed by atoms with Gasteiger partial charge in [-0.25, -0.2) is 8.42 Å².